The van der Waals surface area contributed by atoms with Gasteiger partial charge in [0, 0.05) is 6.54 Å². The molecule has 0 unspecified atom stereocenters. The summed E-state index contributed by atoms with van der Waals surface area (Å²) >= 11 is 0. The lowest BCUT2D eigenvalue weighted by Crippen LogP contribution is -2.25. The molecule has 3 nitrogen and oxygen atoms in total. The summed E-state index contributed by atoms with van der Waals surface area (Å²) in [5.41, 5.74) is 0. The lowest BCUT2D eigenvalue weighted by molar-refractivity contribution is -0.127. The lowest BCUT2D eigenvalue weighted by Gasteiger charge is -2.00. The molecule has 1 amide bonds. The highest BCUT2D eigenvalue weighted by atomic mass is 16.2. The summed E-state index contributed by atoms with van der Waals surface area (Å²) in [6, 6.07) is 0. The normalized spacial score (nSPS) is 9.27. The van der Waals surface area contributed by atoms with Crippen molar-refractivity contribution in [3.8, 4) is 0 Å². The van der Waals surface area contributed by atoms with E-state index in [9.17, 15) is 9.59 Å². The van der Waals surface area contributed by atoms with Crippen molar-refractivity contribution in [1.29, 1.82) is 0 Å². The molecule has 0 aromatic carbocycles. The number of hydrogen-bond donors (Lipinski definition) is 1. The zero-order chi connectivity index (χ0) is 8.69. The summed E-state index contributed by atoms with van der Waals surface area (Å²) in [7, 11) is 0. The topological polar surface area (TPSA) is 46.2 Å². The molecule has 0 spiro atoms. The fourth-order valence-electron chi connectivity index (χ4n) is 0.641. The molecule has 0 fully saturated rings. The van der Waals surface area contributed by atoms with Crippen LogP contribution in [0.15, 0.2) is 0 Å². The van der Waals surface area contributed by atoms with Crippen molar-refractivity contribution in [1.82, 2.24) is 5.32 Å². The second-order valence-corrected chi connectivity index (χ2v) is 2.44. The molecule has 0 aliphatic rings. The SMILES string of the molecule is [CH2]CCCNC(=O)CC(C)=O. The van der Waals surface area contributed by atoms with Crippen LogP contribution < -0.4 is 5.32 Å². The number of Topliss-reactive ketones (excluding diaryl/α,β-unsaturated/α-hetero) is 1. The first-order valence-corrected chi connectivity index (χ1v) is 3.72. The Labute approximate surface area is 67.2 Å². The minimum Gasteiger partial charge on any atom is -0.356 e. The van der Waals surface area contributed by atoms with Gasteiger partial charge in [0.15, 0.2) is 0 Å². The Balaban J connectivity index is 3.30. The molecule has 0 saturated heterocycles. The molecule has 3 heteroatoms. The maximum atomic E-state index is 10.8. The van der Waals surface area contributed by atoms with Gasteiger partial charge in [-0.2, -0.15) is 0 Å². The number of carbonyl (C=O) groups excluding carboxylic acids is 2. The van der Waals surface area contributed by atoms with E-state index in [1.807, 2.05) is 0 Å². The van der Waals surface area contributed by atoms with E-state index in [2.05, 4.69) is 12.2 Å². The van der Waals surface area contributed by atoms with Gasteiger partial charge in [0.2, 0.25) is 5.91 Å². The largest absolute Gasteiger partial charge is 0.356 e. The van der Waals surface area contributed by atoms with Crippen molar-refractivity contribution in [2.24, 2.45) is 0 Å². The minimum absolute atomic E-state index is 0.00283. The van der Waals surface area contributed by atoms with Gasteiger partial charge in [0.05, 0.1) is 6.42 Å². The number of unbranched alkanes of at least 4 members (excludes halogenated alkanes) is 1. The third-order valence-corrected chi connectivity index (χ3v) is 1.16. The summed E-state index contributed by atoms with van der Waals surface area (Å²) in [4.78, 5) is 21.2. The van der Waals surface area contributed by atoms with Crippen molar-refractivity contribution in [3.05, 3.63) is 6.92 Å². The molecule has 1 radical (unpaired) electrons. The van der Waals surface area contributed by atoms with Crippen LogP contribution in [-0.2, 0) is 9.59 Å². The van der Waals surface area contributed by atoms with Crippen molar-refractivity contribution < 1.29 is 9.59 Å². The van der Waals surface area contributed by atoms with Crippen LogP contribution in [0, 0.1) is 6.92 Å². The van der Waals surface area contributed by atoms with Crippen LogP contribution in [-0.4, -0.2) is 18.2 Å². The molecule has 0 aromatic rings. The molecular weight excluding hydrogens is 142 g/mol. The van der Waals surface area contributed by atoms with Crippen LogP contribution in [0.3, 0.4) is 0 Å². The standard InChI is InChI=1S/C8H14NO2/c1-3-4-5-9-8(11)6-7(2)10/h1,3-6H2,2H3,(H,9,11). The molecule has 0 aromatic heterocycles. The summed E-state index contributed by atoms with van der Waals surface area (Å²) in [5, 5.41) is 2.62. The van der Waals surface area contributed by atoms with Crippen LogP contribution in [0.5, 0.6) is 0 Å². The molecule has 11 heavy (non-hydrogen) atoms. The van der Waals surface area contributed by atoms with E-state index in [4.69, 9.17) is 0 Å². The first-order chi connectivity index (χ1) is 5.16. The van der Waals surface area contributed by atoms with Crippen LogP contribution in [0.1, 0.15) is 26.2 Å². The third-order valence-electron chi connectivity index (χ3n) is 1.16. The van der Waals surface area contributed by atoms with Crippen molar-refractivity contribution in [3.63, 3.8) is 0 Å². The monoisotopic (exact) mass is 156 g/mol. The summed E-state index contributed by atoms with van der Waals surface area (Å²) in [6.45, 7) is 5.65. The van der Waals surface area contributed by atoms with Crippen LogP contribution >= 0.6 is 0 Å². The Kier molecular flexibility index (Phi) is 5.43. The third kappa shape index (κ3) is 7.03. The molecule has 0 saturated carbocycles. The van der Waals surface area contributed by atoms with E-state index in [0.29, 0.717) is 6.54 Å². The fourth-order valence-corrected chi connectivity index (χ4v) is 0.641. The summed E-state index contributed by atoms with van der Waals surface area (Å²) in [6.07, 6.45) is 1.67. The van der Waals surface area contributed by atoms with Crippen molar-refractivity contribution in [2.75, 3.05) is 6.54 Å². The Hall–Kier alpha value is -0.860. The van der Waals surface area contributed by atoms with Gasteiger partial charge in [-0.25, -0.2) is 0 Å². The number of hydrogen-bond acceptors (Lipinski definition) is 2. The Bertz CT molecular complexity index is 143. The van der Waals surface area contributed by atoms with E-state index in [0.717, 1.165) is 12.8 Å². The van der Waals surface area contributed by atoms with Gasteiger partial charge in [-0.1, -0.05) is 13.3 Å². The van der Waals surface area contributed by atoms with Gasteiger partial charge in [0.25, 0.3) is 0 Å². The molecule has 0 rings (SSSR count). The second-order valence-electron chi connectivity index (χ2n) is 2.44. The minimum atomic E-state index is -0.189. The van der Waals surface area contributed by atoms with Gasteiger partial charge in [-0.3, -0.25) is 9.59 Å². The highest BCUT2D eigenvalue weighted by Gasteiger charge is 2.02. The van der Waals surface area contributed by atoms with E-state index in [1.54, 1.807) is 0 Å². The molecule has 0 heterocycles. The van der Waals surface area contributed by atoms with Crippen molar-refractivity contribution in [2.45, 2.75) is 26.2 Å². The van der Waals surface area contributed by atoms with Gasteiger partial charge in [-0.05, 0) is 13.3 Å². The number of amides is 1. The van der Waals surface area contributed by atoms with E-state index in [-0.39, 0.29) is 18.1 Å². The smallest absolute Gasteiger partial charge is 0.227 e. The predicted octanol–water partition coefficient (Wildman–Crippen LogP) is 0.696. The Morgan fingerprint density at radius 3 is 2.55 bits per heavy atom. The van der Waals surface area contributed by atoms with Crippen LogP contribution in [0.4, 0.5) is 0 Å². The quantitative estimate of drug-likeness (QED) is 0.470. The molecule has 0 bridgehead atoms. The number of rotatable bonds is 5. The van der Waals surface area contributed by atoms with E-state index in [1.165, 1.54) is 6.92 Å². The predicted molar refractivity (Wildman–Crippen MR) is 42.9 cm³/mol. The Morgan fingerprint density at radius 1 is 1.45 bits per heavy atom. The zero-order valence-electron chi connectivity index (χ0n) is 6.85. The average molecular weight is 156 g/mol. The Morgan fingerprint density at radius 2 is 2.09 bits per heavy atom. The maximum absolute atomic E-state index is 10.8. The summed E-state index contributed by atoms with van der Waals surface area (Å²) < 4.78 is 0. The molecule has 63 valence electrons. The van der Waals surface area contributed by atoms with Gasteiger partial charge in [-0.15, -0.1) is 0 Å². The highest BCUT2D eigenvalue weighted by Crippen LogP contribution is 1.85. The summed E-state index contributed by atoms with van der Waals surface area (Å²) in [5.74, 6) is -0.289. The first kappa shape index (κ1) is 10.1. The highest BCUT2D eigenvalue weighted by molar-refractivity contribution is 5.96. The van der Waals surface area contributed by atoms with Gasteiger partial charge in [0.1, 0.15) is 5.78 Å². The van der Waals surface area contributed by atoms with Crippen LogP contribution in [0.25, 0.3) is 0 Å². The average Bonchev–Trinajstić information content (AvgIpc) is 1.86. The van der Waals surface area contributed by atoms with Crippen molar-refractivity contribution >= 4 is 11.7 Å². The van der Waals surface area contributed by atoms with E-state index < -0.39 is 0 Å². The molecular formula is C8H14NO2. The van der Waals surface area contributed by atoms with Crippen LogP contribution in [0.2, 0.25) is 0 Å². The fraction of sp³-hybridized carbons (Fsp3) is 0.625. The number of carbonyl (C=O) groups is 2. The molecule has 0 atom stereocenters. The second kappa shape index (κ2) is 5.89. The van der Waals surface area contributed by atoms with E-state index >= 15 is 0 Å². The van der Waals surface area contributed by atoms with Gasteiger partial charge >= 0.3 is 0 Å². The molecule has 1 N–H and O–H groups in total. The maximum Gasteiger partial charge on any atom is 0.227 e. The van der Waals surface area contributed by atoms with Gasteiger partial charge < -0.3 is 5.32 Å². The number of nitrogens with one attached hydrogen (secondary N) is 1. The number of ketones is 1. The first-order valence-electron chi connectivity index (χ1n) is 3.72. The molecule has 0 aliphatic carbocycles. The lowest BCUT2D eigenvalue weighted by atomic mass is 10.3. The zero-order valence-corrected chi connectivity index (χ0v) is 6.85. The molecule has 0 aliphatic heterocycles.